The van der Waals surface area contributed by atoms with Gasteiger partial charge < -0.3 is 0 Å². The highest BCUT2D eigenvalue weighted by Crippen LogP contribution is 2.39. The van der Waals surface area contributed by atoms with Crippen molar-refractivity contribution in [2.75, 3.05) is 7.05 Å². The molecule has 2 heterocycles. The molecule has 1 aliphatic rings. The Kier molecular flexibility index (Phi) is 4.71. The second-order valence-corrected chi connectivity index (χ2v) is 9.51. The molecule has 0 unspecified atom stereocenters. The molecular formula is C28H24NOS+. The van der Waals surface area contributed by atoms with Crippen LogP contribution in [0, 0.1) is 0 Å². The SMILES string of the molecule is C[N+]1=C(/C=C/c2c(-c3ccccc3)sc3ccccc3c2=O)C(C)(C)c2ccccc21. The third kappa shape index (κ3) is 3.17. The Balaban J connectivity index is 1.71. The van der Waals surface area contributed by atoms with Gasteiger partial charge in [-0.05, 0) is 37.6 Å². The van der Waals surface area contributed by atoms with E-state index in [1.54, 1.807) is 11.3 Å². The van der Waals surface area contributed by atoms with E-state index in [0.29, 0.717) is 0 Å². The first-order valence-electron chi connectivity index (χ1n) is 10.5. The molecule has 0 radical (unpaired) electrons. The lowest BCUT2D eigenvalue weighted by atomic mass is 9.81. The Bertz CT molecular complexity index is 1420. The third-order valence-electron chi connectivity index (χ3n) is 6.22. The van der Waals surface area contributed by atoms with Gasteiger partial charge in [-0.25, -0.2) is 0 Å². The maximum Gasteiger partial charge on any atom is 0.209 e. The largest absolute Gasteiger partial charge is 0.289 e. The van der Waals surface area contributed by atoms with Crippen molar-refractivity contribution in [2.24, 2.45) is 0 Å². The number of fused-ring (bicyclic) bond motifs is 2. The summed E-state index contributed by atoms with van der Waals surface area (Å²) in [5.41, 5.74) is 5.50. The molecule has 0 amide bonds. The first-order valence-corrected chi connectivity index (χ1v) is 11.3. The zero-order valence-corrected chi connectivity index (χ0v) is 18.7. The molecular weight excluding hydrogens is 398 g/mol. The van der Waals surface area contributed by atoms with Crippen LogP contribution >= 0.6 is 11.3 Å². The highest BCUT2D eigenvalue weighted by molar-refractivity contribution is 7.21. The molecule has 3 aromatic carbocycles. The van der Waals surface area contributed by atoms with E-state index in [1.165, 1.54) is 17.0 Å². The Morgan fingerprint density at radius 3 is 2.29 bits per heavy atom. The number of nitrogens with zero attached hydrogens (tertiary/aromatic N) is 1. The van der Waals surface area contributed by atoms with Crippen LogP contribution in [0.3, 0.4) is 0 Å². The highest BCUT2D eigenvalue weighted by Gasteiger charge is 2.42. The van der Waals surface area contributed by atoms with Crippen molar-refractivity contribution in [3.8, 4) is 10.4 Å². The van der Waals surface area contributed by atoms with E-state index >= 15 is 0 Å². The molecule has 0 N–H and O–H groups in total. The number of rotatable bonds is 3. The van der Waals surface area contributed by atoms with Gasteiger partial charge in [0.15, 0.2) is 11.1 Å². The topological polar surface area (TPSA) is 20.1 Å². The summed E-state index contributed by atoms with van der Waals surface area (Å²) in [4.78, 5) is 14.5. The lowest BCUT2D eigenvalue weighted by molar-refractivity contribution is -0.401. The molecule has 152 valence electrons. The Morgan fingerprint density at radius 1 is 0.839 bits per heavy atom. The van der Waals surface area contributed by atoms with E-state index < -0.39 is 0 Å². The molecule has 3 heteroatoms. The van der Waals surface area contributed by atoms with Crippen LogP contribution in [-0.2, 0) is 5.41 Å². The van der Waals surface area contributed by atoms with Crippen LogP contribution in [0.15, 0.2) is 89.7 Å². The van der Waals surface area contributed by atoms with E-state index in [1.807, 2.05) is 48.5 Å². The van der Waals surface area contributed by atoms with E-state index in [2.05, 4.69) is 67.9 Å². The van der Waals surface area contributed by atoms with E-state index in [9.17, 15) is 4.79 Å². The lowest BCUT2D eigenvalue weighted by Gasteiger charge is -2.15. The summed E-state index contributed by atoms with van der Waals surface area (Å²) in [6.45, 7) is 4.49. The smallest absolute Gasteiger partial charge is 0.209 e. The maximum absolute atomic E-state index is 13.5. The first-order chi connectivity index (χ1) is 15.0. The van der Waals surface area contributed by atoms with Gasteiger partial charge >= 0.3 is 0 Å². The van der Waals surface area contributed by atoms with Crippen LogP contribution in [-0.4, -0.2) is 17.3 Å². The van der Waals surface area contributed by atoms with Crippen molar-refractivity contribution in [3.05, 3.63) is 106 Å². The van der Waals surface area contributed by atoms with Crippen LogP contribution in [0.1, 0.15) is 25.0 Å². The van der Waals surface area contributed by atoms with Crippen molar-refractivity contribution >= 4 is 38.9 Å². The number of allylic oxidation sites excluding steroid dienone is 1. The second-order valence-electron chi connectivity index (χ2n) is 8.46. The highest BCUT2D eigenvalue weighted by atomic mass is 32.1. The number of hydrogen-bond donors (Lipinski definition) is 0. The van der Waals surface area contributed by atoms with Crippen molar-refractivity contribution in [3.63, 3.8) is 0 Å². The van der Waals surface area contributed by atoms with Gasteiger partial charge in [0.25, 0.3) is 0 Å². The van der Waals surface area contributed by atoms with E-state index in [-0.39, 0.29) is 10.8 Å². The third-order valence-corrected chi connectivity index (χ3v) is 7.45. The predicted molar refractivity (Wildman–Crippen MR) is 133 cm³/mol. The van der Waals surface area contributed by atoms with Crippen LogP contribution < -0.4 is 5.43 Å². The fraction of sp³-hybridized carbons (Fsp3) is 0.143. The fourth-order valence-electron chi connectivity index (χ4n) is 4.58. The minimum absolute atomic E-state index is 0.0843. The van der Waals surface area contributed by atoms with Gasteiger partial charge in [0.2, 0.25) is 5.69 Å². The molecule has 5 rings (SSSR count). The van der Waals surface area contributed by atoms with Gasteiger partial charge in [0.1, 0.15) is 7.05 Å². The molecule has 4 aromatic rings. The minimum Gasteiger partial charge on any atom is -0.289 e. The summed E-state index contributed by atoms with van der Waals surface area (Å²) in [6, 6.07) is 26.6. The normalized spacial score (nSPS) is 15.1. The van der Waals surface area contributed by atoms with E-state index in [4.69, 9.17) is 0 Å². The average molecular weight is 423 g/mol. The molecule has 2 nitrogen and oxygen atoms in total. The van der Waals surface area contributed by atoms with Crippen molar-refractivity contribution < 1.29 is 4.58 Å². The molecule has 31 heavy (non-hydrogen) atoms. The summed E-state index contributed by atoms with van der Waals surface area (Å²) >= 11 is 1.68. The molecule has 0 atom stereocenters. The van der Waals surface area contributed by atoms with Gasteiger partial charge in [-0.2, -0.15) is 4.58 Å². The zero-order chi connectivity index (χ0) is 21.6. The number of hydrogen-bond acceptors (Lipinski definition) is 2. The van der Waals surface area contributed by atoms with Crippen LogP contribution in [0.4, 0.5) is 5.69 Å². The van der Waals surface area contributed by atoms with Crippen LogP contribution in [0.5, 0.6) is 0 Å². The van der Waals surface area contributed by atoms with Gasteiger partial charge in [-0.1, -0.05) is 60.7 Å². The maximum atomic E-state index is 13.5. The van der Waals surface area contributed by atoms with Gasteiger partial charge in [-0.15, -0.1) is 11.3 Å². The fourth-order valence-corrected chi connectivity index (χ4v) is 5.74. The average Bonchev–Trinajstić information content (AvgIpc) is 2.99. The minimum atomic E-state index is -0.127. The van der Waals surface area contributed by atoms with Gasteiger partial charge in [0, 0.05) is 38.2 Å². The van der Waals surface area contributed by atoms with Gasteiger partial charge in [0.05, 0.1) is 5.41 Å². The number of para-hydroxylation sites is 1. The molecule has 1 aromatic heterocycles. The monoisotopic (exact) mass is 422 g/mol. The van der Waals surface area contributed by atoms with Crippen molar-refractivity contribution in [1.29, 1.82) is 0 Å². The molecule has 0 bridgehead atoms. The molecule has 0 spiro atoms. The summed E-state index contributed by atoms with van der Waals surface area (Å²) < 4.78 is 3.25. The van der Waals surface area contributed by atoms with E-state index in [0.717, 1.165) is 26.1 Å². The Hall–Kier alpha value is -3.30. The van der Waals surface area contributed by atoms with Crippen molar-refractivity contribution in [2.45, 2.75) is 19.3 Å². The predicted octanol–water partition coefficient (Wildman–Crippen LogP) is 6.65. The quantitative estimate of drug-likeness (QED) is 0.339. The molecule has 0 fully saturated rings. The van der Waals surface area contributed by atoms with Crippen molar-refractivity contribution in [1.82, 2.24) is 0 Å². The zero-order valence-electron chi connectivity index (χ0n) is 17.9. The molecule has 0 saturated heterocycles. The second kappa shape index (κ2) is 7.44. The first kappa shape index (κ1) is 19.7. The molecule has 0 aliphatic carbocycles. The molecule has 0 saturated carbocycles. The Labute approximate surface area is 186 Å². The standard InChI is InChI=1S/C28H24NOS/c1-28(2)22-14-8-9-15-23(22)29(3)25(28)18-17-21-26(30)20-13-7-10-16-24(20)31-27(21)19-11-5-4-6-12-19/h4-18H,1-3H3/q+1/b18-17+. The molecule has 1 aliphatic heterocycles. The summed E-state index contributed by atoms with van der Waals surface area (Å²) in [5.74, 6) is 0. The lowest BCUT2D eigenvalue weighted by Crippen LogP contribution is -2.26. The Morgan fingerprint density at radius 2 is 1.52 bits per heavy atom. The number of benzene rings is 3. The van der Waals surface area contributed by atoms with Crippen LogP contribution in [0.2, 0.25) is 0 Å². The summed E-state index contributed by atoms with van der Waals surface area (Å²) in [7, 11) is 2.10. The summed E-state index contributed by atoms with van der Waals surface area (Å²) in [5, 5.41) is 0.777. The summed E-state index contributed by atoms with van der Waals surface area (Å²) in [6.07, 6.45) is 4.15. The van der Waals surface area contributed by atoms with Gasteiger partial charge in [-0.3, -0.25) is 4.79 Å². The van der Waals surface area contributed by atoms with Crippen LogP contribution in [0.25, 0.3) is 26.6 Å².